The highest BCUT2D eigenvalue weighted by atomic mass is 16.3. The van der Waals surface area contributed by atoms with Gasteiger partial charge in [0, 0.05) is 11.9 Å². The summed E-state index contributed by atoms with van der Waals surface area (Å²) >= 11 is 0. The maximum Gasteiger partial charge on any atom is 0.290 e. The molecule has 0 amide bonds. The van der Waals surface area contributed by atoms with Crippen molar-refractivity contribution in [3.63, 3.8) is 0 Å². The normalized spacial score (nSPS) is 18.7. The number of hydrogen-bond acceptors (Lipinski definition) is 7. The van der Waals surface area contributed by atoms with Gasteiger partial charge in [0.25, 0.3) is 6.47 Å². The number of aromatic amines is 1. The van der Waals surface area contributed by atoms with E-state index in [9.17, 15) is 5.11 Å². The summed E-state index contributed by atoms with van der Waals surface area (Å²) in [5, 5.41) is 33.7. The fourth-order valence-corrected chi connectivity index (χ4v) is 3.78. The van der Waals surface area contributed by atoms with Gasteiger partial charge in [0.1, 0.15) is 5.69 Å². The first kappa shape index (κ1) is 19.7. The van der Waals surface area contributed by atoms with Crippen molar-refractivity contribution in [2.75, 3.05) is 0 Å². The van der Waals surface area contributed by atoms with Crippen LogP contribution in [-0.4, -0.2) is 62.3 Å². The molecule has 0 aromatic carbocycles. The molecule has 0 unspecified atom stereocenters. The molecule has 156 valence electrons. The summed E-state index contributed by atoms with van der Waals surface area (Å²) in [7, 11) is 0. The number of nitrogens with one attached hydrogen (secondary N) is 1. The van der Waals surface area contributed by atoms with E-state index in [-0.39, 0.29) is 12.5 Å². The Morgan fingerprint density at radius 2 is 2.07 bits per heavy atom. The van der Waals surface area contributed by atoms with Gasteiger partial charge < -0.3 is 10.2 Å². The van der Waals surface area contributed by atoms with Gasteiger partial charge in [-0.25, -0.2) is 19.2 Å². The Morgan fingerprint density at radius 1 is 1.27 bits per heavy atom. The molecule has 1 saturated carbocycles. The largest absolute Gasteiger partial charge is 0.483 e. The molecular weight excluding hydrogens is 388 g/mol. The second kappa shape index (κ2) is 8.41. The first-order valence-corrected chi connectivity index (χ1v) is 9.66. The van der Waals surface area contributed by atoms with Crippen molar-refractivity contribution in [1.29, 1.82) is 0 Å². The Hall–Kier alpha value is -3.60. The van der Waals surface area contributed by atoms with Gasteiger partial charge in [-0.05, 0) is 31.9 Å². The monoisotopic (exact) mass is 410 g/mol. The molecule has 1 aliphatic rings. The number of carbonyl (C=O) groups is 1. The van der Waals surface area contributed by atoms with Crippen molar-refractivity contribution >= 4 is 12.1 Å². The maximum absolute atomic E-state index is 10.6. The summed E-state index contributed by atoms with van der Waals surface area (Å²) in [5.41, 5.74) is 3.25. The summed E-state index contributed by atoms with van der Waals surface area (Å²) in [4.78, 5) is 17.6. The maximum atomic E-state index is 10.6. The Bertz CT molecular complexity index is 1150. The van der Waals surface area contributed by atoms with Gasteiger partial charge in [-0.3, -0.25) is 9.89 Å². The molecule has 1 fully saturated rings. The quantitative estimate of drug-likeness (QED) is 0.434. The van der Waals surface area contributed by atoms with Gasteiger partial charge in [0.05, 0.1) is 30.1 Å². The second-order valence-corrected chi connectivity index (χ2v) is 7.07. The van der Waals surface area contributed by atoms with Crippen LogP contribution < -0.4 is 0 Å². The third-order valence-electron chi connectivity index (χ3n) is 5.22. The zero-order valence-electron chi connectivity index (χ0n) is 16.4. The number of fused-ring (bicyclic) bond motifs is 1. The van der Waals surface area contributed by atoms with Crippen LogP contribution in [0.3, 0.4) is 0 Å². The number of imidazole rings is 1. The van der Waals surface area contributed by atoms with E-state index in [0.29, 0.717) is 11.6 Å². The highest BCUT2D eigenvalue weighted by Gasteiger charge is 2.30. The molecule has 3 N–H and O–H groups in total. The fraction of sp³-hybridized carbons (Fsp3) is 0.368. The minimum atomic E-state index is -0.440. The lowest BCUT2D eigenvalue weighted by Crippen LogP contribution is -2.29. The summed E-state index contributed by atoms with van der Waals surface area (Å²) in [5.74, 6) is 1.24. The van der Waals surface area contributed by atoms with E-state index in [4.69, 9.17) is 20.0 Å². The summed E-state index contributed by atoms with van der Waals surface area (Å²) in [6.07, 6.45) is 8.49. The number of aliphatic hydroxyl groups excluding tert-OH is 1. The van der Waals surface area contributed by atoms with Gasteiger partial charge in [-0.1, -0.05) is 12.8 Å². The molecule has 5 rings (SSSR count). The van der Waals surface area contributed by atoms with Crippen molar-refractivity contribution in [3.05, 3.63) is 36.4 Å². The van der Waals surface area contributed by atoms with Crippen LogP contribution in [0.15, 0.2) is 30.7 Å². The number of H-pyrrole nitrogens is 1. The number of aliphatic hydroxyl groups is 1. The highest BCUT2D eigenvalue weighted by molar-refractivity contribution is 5.62. The SMILES string of the molecule is Cc1[nH]ncc1-c1nc(-c2cnc3cccnn23)n([C@@H]2CCCC[C@H]2O)n1.O=CO. The molecule has 0 saturated heterocycles. The lowest BCUT2D eigenvalue weighted by Gasteiger charge is -2.28. The third-order valence-corrected chi connectivity index (χ3v) is 5.22. The topological polar surface area (TPSA) is 147 Å². The molecule has 11 nitrogen and oxygen atoms in total. The Kier molecular flexibility index (Phi) is 5.53. The Labute approximate surface area is 171 Å². The van der Waals surface area contributed by atoms with Crippen molar-refractivity contribution in [1.82, 2.24) is 39.6 Å². The van der Waals surface area contributed by atoms with Crippen LogP contribution >= 0.6 is 0 Å². The molecule has 0 bridgehead atoms. The predicted octanol–water partition coefficient (Wildman–Crippen LogP) is 1.86. The molecule has 0 aliphatic heterocycles. The third kappa shape index (κ3) is 3.54. The standard InChI is InChI=1S/C18H20N8O.CH2O2/c1-11-12(9-20-23-11)17-22-18(14-10-19-16-7-4-8-21-25(14)16)26(24-17)13-5-2-3-6-15(13)27;2-1-3/h4,7-10,13,15,27H,2-3,5-6H2,1H3,(H,20,23);1H,(H,2,3)/t13-,15-;/m1./s1. The number of rotatable bonds is 3. The zero-order chi connectivity index (χ0) is 21.1. The van der Waals surface area contributed by atoms with Crippen LogP contribution in [0.25, 0.3) is 28.6 Å². The van der Waals surface area contributed by atoms with Gasteiger partial charge in [-0.2, -0.15) is 10.2 Å². The number of nitrogens with zero attached hydrogens (tertiary/aromatic N) is 7. The number of aryl methyl sites for hydroxylation is 1. The summed E-state index contributed by atoms with van der Waals surface area (Å²) in [6, 6.07) is 3.63. The molecule has 1 aliphatic carbocycles. The second-order valence-electron chi connectivity index (χ2n) is 7.07. The average Bonchev–Trinajstić information content (AvgIpc) is 3.46. The predicted molar refractivity (Wildman–Crippen MR) is 107 cm³/mol. The lowest BCUT2D eigenvalue weighted by atomic mass is 9.92. The number of carboxylic acid groups (broad SMARTS) is 1. The van der Waals surface area contributed by atoms with E-state index in [1.807, 2.05) is 23.7 Å². The number of aromatic nitrogens is 8. The lowest BCUT2D eigenvalue weighted by molar-refractivity contribution is -0.122. The first-order chi connectivity index (χ1) is 14.6. The minimum absolute atomic E-state index is 0.114. The van der Waals surface area contributed by atoms with E-state index in [1.165, 1.54) is 0 Å². The Morgan fingerprint density at radius 3 is 2.80 bits per heavy atom. The summed E-state index contributed by atoms with van der Waals surface area (Å²) < 4.78 is 3.60. The zero-order valence-corrected chi connectivity index (χ0v) is 16.4. The number of hydrogen-bond donors (Lipinski definition) is 3. The molecule has 0 spiro atoms. The van der Waals surface area contributed by atoms with Crippen molar-refractivity contribution in [2.24, 2.45) is 0 Å². The van der Waals surface area contributed by atoms with Crippen molar-refractivity contribution in [2.45, 2.75) is 44.8 Å². The van der Waals surface area contributed by atoms with Crippen molar-refractivity contribution < 1.29 is 15.0 Å². The van der Waals surface area contributed by atoms with Crippen LogP contribution in [0.4, 0.5) is 0 Å². The highest BCUT2D eigenvalue weighted by Crippen LogP contribution is 2.33. The molecular formula is C19H22N8O3. The van der Waals surface area contributed by atoms with Gasteiger partial charge in [-0.15, -0.1) is 5.10 Å². The van der Waals surface area contributed by atoms with Crippen molar-refractivity contribution in [3.8, 4) is 22.9 Å². The molecule has 2 atom stereocenters. The van der Waals surface area contributed by atoms with Crippen LogP contribution in [0.2, 0.25) is 0 Å². The van der Waals surface area contributed by atoms with Crippen LogP contribution in [-0.2, 0) is 4.79 Å². The van der Waals surface area contributed by atoms with E-state index in [0.717, 1.165) is 48.3 Å². The molecule has 4 aromatic heterocycles. The molecule has 11 heteroatoms. The minimum Gasteiger partial charge on any atom is -0.483 e. The fourth-order valence-electron chi connectivity index (χ4n) is 3.78. The smallest absolute Gasteiger partial charge is 0.290 e. The van der Waals surface area contributed by atoms with E-state index in [1.54, 1.807) is 23.1 Å². The van der Waals surface area contributed by atoms with E-state index in [2.05, 4.69) is 20.3 Å². The average molecular weight is 410 g/mol. The van der Waals surface area contributed by atoms with E-state index < -0.39 is 6.10 Å². The molecule has 4 heterocycles. The first-order valence-electron chi connectivity index (χ1n) is 9.66. The van der Waals surface area contributed by atoms with Crippen LogP contribution in [0.5, 0.6) is 0 Å². The Balaban J connectivity index is 0.000000687. The van der Waals surface area contributed by atoms with E-state index >= 15 is 0 Å². The molecule has 4 aromatic rings. The summed E-state index contributed by atoms with van der Waals surface area (Å²) in [6.45, 7) is 1.69. The van der Waals surface area contributed by atoms with Crippen LogP contribution in [0.1, 0.15) is 37.4 Å². The molecule has 0 radical (unpaired) electrons. The van der Waals surface area contributed by atoms with Gasteiger partial charge in [0.2, 0.25) is 0 Å². The molecule has 30 heavy (non-hydrogen) atoms. The van der Waals surface area contributed by atoms with Gasteiger partial charge in [0.15, 0.2) is 17.3 Å². The van der Waals surface area contributed by atoms with Crippen LogP contribution in [0, 0.1) is 6.92 Å². The van der Waals surface area contributed by atoms with Gasteiger partial charge >= 0.3 is 0 Å².